The lowest BCUT2D eigenvalue weighted by Gasteiger charge is -2.47. The smallest absolute Gasteiger partial charge is 0.411 e. The number of ether oxygens (including phenoxy) is 3. The van der Waals surface area contributed by atoms with Crippen LogP contribution in [0.1, 0.15) is 70.3 Å². The third-order valence-electron chi connectivity index (χ3n) is 9.78. The minimum Gasteiger partial charge on any atom is -0.453 e. The van der Waals surface area contributed by atoms with Gasteiger partial charge in [-0.25, -0.2) is 19.4 Å². The highest BCUT2D eigenvalue weighted by Gasteiger charge is 2.49. The van der Waals surface area contributed by atoms with Gasteiger partial charge in [-0.05, 0) is 99.8 Å². The molecule has 1 saturated carbocycles. The lowest BCUT2D eigenvalue weighted by atomic mass is 9.72. The number of nitrogens with zero attached hydrogens (tertiary/aromatic N) is 3. The molecule has 0 radical (unpaired) electrons. The van der Waals surface area contributed by atoms with Crippen LogP contribution < -0.4 is 5.32 Å². The molecule has 1 aliphatic carbocycles. The number of benzene rings is 2. The van der Waals surface area contributed by atoms with Crippen molar-refractivity contribution in [2.75, 3.05) is 32.1 Å². The Morgan fingerprint density at radius 2 is 1.62 bits per heavy atom. The highest BCUT2D eigenvalue weighted by molar-refractivity contribution is 5.84. The molecule has 48 heavy (non-hydrogen) atoms. The van der Waals surface area contributed by atoms with Gasteiger partial charge in [0.1, 0.15) is 18.0 Å². The Morgan fingerprint density at radius 3 is 2.27 bits per heavy atom. The van der Waals surface area contributed by atoms with E-state index < -0.39 is 11.7 Å². The van der Waals surface area contributed by atoms with Gasteiger partial charge in [-0.2, -0.15) is 0 Å². The van der Waals surface area contributed by atoms with Gasteiger partial charge in [0.25, 0.3) is 0 Å². The maximum Gasteiger partial charge on any atom is 0.411 e. The van der Waals surface area contributed by atoms with Crippen LogP contribution >= 0.6 is 0 Å². The van der Waals surface area contributed by atoms with Crippen LogP contribution in [0.4, 0.5) is 20.1 Å². The summed E-state index contributed by atoms with van der Waals surface area (Å²) in [5.41, 5.74) is 2.78. The number of hydrogen-bond donors (Lipinski definition) is 2. The van der Waals surface area contributed by atoms with Crippen molar-refractivity contribution in [3.05, 3.63) is 72.2 Å². The molecule has 3 atom stereocenters. The van der Waals surface area contributed by atoms with Gasteiger partial charge in [0, 0.05) is 25.3 Å². The van der Waals surface area contributed by atoms with Gasteiger partial charge in [0.15, 0.2) is 0 Å². The Labute approximate surface area is 282 Å². The second-order valence-corrected chi connectivity index (χ2v) is 14.3. The molecular weight excluding hydrogens is 610 g/mol. The van der Waals surface area contributed by atoms with E-state index >= 15 is 0 Å². The van der Waals surface area contributed by atoms with Crippen LogP contribution in [0.15, 0.2) is 60.8 Å². The number of aromatic amines is 1. The van der Waals surface area contributed by atoms with E-state index in [1.165, 1.54) is 7.11 Å². The zero-order chi connectivity index (χ0) is 33.8. The quantitative estimate of drug-likeness (QED) is 0.250. The lowest BCUT2D eigenvalue weighted by Crippen LogP contribution is -2.51. The molecule has 256 valence electrons. The summed E-state index contributed by atoms with van der Waals surface area (Å²) < 4.78 is 16.3. The highest BCUT2D eigenvalue weighted by Crippen LogP contribution is 2.52. The fraction of sp³-hybridized carbons (Fsp3) is 0.514. The number of nitrogens with one attached hydrogen (secondary N) is 2. The Balaban J connectivity index is 1.22. The monoisotopic (exact) mass is 657 g/mol. The Kier molecular flexibility index (Phi) is 9.93. The minimum atomic E-state index is -0.527. The largest absolute Gasteiger partial charge is 0.453 e. The Hall–Kier alpha value is -4.54. The van der Waals surface area contributed by atoms with Gasteiger partial charge in [-0.3, -0.25) is 10.2 Å². The van der Waals surface area contributed by atoms with Crippen LogP contribution in [-0.2, 0) is 20.8 Å². The van der Waals surface area contributed by atoms with E-state index in [1.807, 2.05) is 91.4 Å². The third kappa shape index (κ3) is 8.11. The molecule has 2 saturated heterocycles. The highest BCUT2D eigenvalue weighted by atomic mass is 16.6. The molecule has 2 N–H and O–H groups in total. The summed E-state index contributed by atoms with van der Waals surface area (Å²) in [4.78, 5) is 50.5. The first-order chi connectivity index (χ1) is 23.1. The van der Waals surface area contributed by atoms with Crippen molar-refractivity contribution in [1.82, 2.24) is 19.8 Å². The molecule has 3 heterocycles. The number of carbonyl (C=O) groups excluding carboxylic acids is 3. The molecule has 1 aromatic heterocycles. The van der Waals surface area contributed by atoms with Crippen molar-refractivity contribution in [3.63, 3.8) is 0 Å². The van der Waals surface area contributed by atoms with Gasteiger partial charge < -0.3 is 24.1 Å². The normalized spacial score (nSPS) is 21.8. The molecule has 0 spiro atoms. The van der Waals surface area contributed by atoms with E-state index in [9.17, 15) is 14.4 Å². The van der Waals surface area contributed by atoms with Crippen LogP contribution in [0.3, 0.4) is 0 Å². The van der Waals surface area contributed by atoms with Gasteiger partial charge in [0.2, 0.25) is 0 Å². The maximum atomic E-state index is 14.0. The predicted molar refractivity (Wildman–Crippen MR) is 181 cm³/mol. The number of carbonyl (C=O) groups is 3. The molecule has 3 aromatic rings. The topological polar surface area (TPSA) is 126 Å². The average molecular weight is 658 g/mol. The lowest BCUT2D eigenvalue weighted by molar-refractivity contribution is -0.00855. The number of methoxy groups -OCH3 is 1. The number of hydrogen-bond acceptors (Lipinski definition) is 7. The van der Waals surface area contributed by atoms with Gasteiger partial charge >= 0.3 is 18.3 Å². The van der Waals surface area contributed by atoms with Crippen LogP contribution in [-0.4, -0.2) is 70.4 Å². The Morgan fingerprint density at radius 1 is 0.917 bits per heavy atom. The third-order valence-corrected chi connectivity index (χ3v) is 9.78. The first-order valence-electron chi connectivity index (χ1n) is 17.0. The molecule has 2 aromatic carbocycles. The number of piperidine rings is 2. The number of H-pyrrole nitrogens is 1. The van der Waals surface area contributed by atoms with E-state index in [0.717, 1.165) is 54.7 Å². The molecule has 11 heteroatoms. The summed E-state index contributed by atoms with van der Waals surface area (Å²) in [5, 5.41) is 2.67. The standard InChI is InChI=1S/C37H47N5O6/c1-37(2,3)48-35(44)41-18-16-25(17-19-41)28-20-30(26-10-11-26)32(42(22-28)36(45)47-23-24-8-6-5-7-9-24)33-38-21-31(40-33)27-12-14-29(15-13-27)39-34(43)46-4/h5-9,12-15,21,25-26,28,30,32H,10-11,16-20,22-23H2,1-4H3,(H,38,40)(H,39,43). The van der Waals surface area contributed by atoms with E-state index in [4.69, 9.17) is 19.2 Å². The van der Waals surface area contributed by atoms with Gasteiger partial charge in [0.05, 0.1) is 25.0 Å². The summed E-state index contributed by atoms with van der Waals surface area (Å²) in [6.45, 7) is 7.75. The fourth-order valence-corrected chi connectivity index (χ4v) is 7.22. The second-order valence-electron chi connectivity index (χ2n) is 14.3. The molecule has 3 amide bonds. The van der Waals surface area contributed by atoms with Crippen LogP contribution in [0.25, 0.3) is 11.3 Å². The molecule has 0 bridgehead atoms. The summed E-state index contributed by atoms with van der Waals surface area (Å²) in [6, 6.07) is 16.9. The van der Waals surface area contributed by atoms with Crippen molar-refractivity contribution in [1.29, 1.82) is 0 Å². The van der Waals surface area contributed by atoms with Crippen LogP contribution in [0, 0.1) is 23.7 Å². The van der Waals surface area contributed by atoms with Crippen LogP contribution in [0.5, 0.6) is 0 Å². The molecular formula is C37H47N5O6. The fourth-order valence-electron chi connectivity index (χ4n) is 7.22. The zero-order valence-corrected chi connectivity index (χ0v) is 28.3. The first kappa shape index (κ1) is 33.4. The van der Waals surface area contributed by atoms with Gasteiger partial charge in [-0.1, -0.05) is 42.5 Å². The number of aromatic nitrogens is 2. The summed E-state index contributed by atoms with van der Waals surface area (Å²) >= 11 is 0. The van der Waals surface area contributed by atoms with Crippen molar-refractivity contribution in [2.45, 2.75) is 71.1 Å². The van der Waals surface area contributed by atoms with Crippen molar-refractivity contribution >= 4 is 24.0 Å². The van der Waals surface area contributed by atoms with E-state index in [0.29, 0.717) is 43.1 Å². The molecule has 6 rings (SSSR count). The number of rotatable bonds is 7. The molecule has 3 aliphatic rings. The number of imidazole rings is 1. The number of likely N-dealkylation sites (tertiary alicyclic amines) is 2. The molecule has 2 aliphatic heterocycles. The van der Waals surface area contributed by atoms with Crippen molar-refractivity contribution < 1.29 is 28.6 Å². The summed E-state index contributed by atoms with van der Waals surface area (Å²) in [5.74, 6) is 2.19. The average Bonchev–Trinajstić information content (AvgIpc) is 3.83. The molecule has 3 fully saturated rings. The maximum absolute atomic E-state index is 14.0. The zero-order valence-electron chi connectivity index (χ0n) is 28.3. The molecule has 11 nitrogen and oxygen atoms in total. The second kappa shape index (κ2) is 14.3. The molecule has 3 unspecified atom stereocenters. The van der Waals surface area contributed by atoms with E-state index in [-0.39, 0.29) is 30.8 Å². The summed E-state index contributed by atoms with van der Waals surface area (Å²) in [6.07, 6.45) is 5.74. The number of amides is 3. The predicted octanol–water partition coefficient (Wildman–Crippen LogP) is 7.63. The SMILES string of the molecule is COC(=O)Nc1ccc(-c2cnc(C3C(C4CC4)CC(C4CCN(C(=O)OC(C)(C)C)CC4)CN3C(=O)OCc3ccccc3)[nH]2)cc1. The summed E-state index contributed by atoms with van der Waals surface area (Å²) in [7, 11) is 1.33. The van der Waals surface area contributed by atoms with Crippen LogP contribution in [0.2, 0.25) is 0 Å². The van der Waals surface area contributed by atoms with Gasteiger partial charge in [-0.15, -0.1) is 0 Å². The van der Waals surface area contributed by atoms with E-state index in [1.54, 1.807) is 0 Å². The van der Waals surface area contributed by atoms with Crippen molar-refractivity contribution in [2.24, 2.45) is 23.7 Å². The first-order valence-corrected chi connectivity index (χ1v) is 17.0. The van der Waals surface area contributed by atoms with E-state index in [2.05, 4.69) is 10.3 Å². The Bertz CT molecular complexity index is 1560. The van der Waals surface area contributed by atoms with Crippen molar-refractivity contribution in [3.8, 4) is 11.3 Å². The number of anilines is 1. The minimum absolute atomic E-state index is 0.200.